The van der Waals surface area contributed by atoms with Gasteiger partial charge in [0, 0.05) is 0 Å². The molecule has 1 heteroatoms. The van der Waals surface area contributed by atoms with Crippen molar-refractivity contribution in [1.82, 2.24) is 0 Å². The summed E-state index contributed by atoms with van der Waals surface area (Å²) >= 11 is 0. The minimum absolute atomic E-state index is 0.164. The Bertz CT molecular complexity index is 216. The Morgan fingerprint density at radius 3 is 2.56 bits per heavy atom. The number of hydrogen-bond acceptors (Lipinski definition) is 0. The molecule has 0 aromatic heterocycles. The van der Waals surface area contributed by atoms with Crippen molar-refractivity contribution >= 4 is 0 Å². The molecule has 1 rings (SSSR count). The highest BCUT2D eigenvalue weighted by molar-refractivity contribution is 5.25. The Morgan fingerprint density at radius 1 is 1.44 bits per heavy atom. The van der Waals surface area contributed by atoms with Crippen LogP contribution >= 0.6 is 0 Å². The lowest BCUT2D eigenvalue weighted by atomic mass is 10.1. The predicted molar refractivity (Wildman–Crippen MR) is 35.6 cm³/mol. The maximum Gasteiger partial charge on any atom is 0.126 e. The van der Waals surface area contributed by atoms with Crippen molar-refractivity contribution in [2.75, 3.05) is 0 Å². The number of halogens is 1. The molecular weight excluding hydrogens is 115 g/mol. The molecule has 0 amide bonds. The van der Waals surface area contributed by atoms with Crippen LogP contribution in [0.4, 0.5) is 4.39 Å². The lowest BCUT2D eigenvalue weighted by Gasteiger charge is -1.94. The normalized spacial score (nSPS) is 9.67. The first-order valence-electron chi connectivity index (χ1n) is 2.78. The molecule has 1 aromatic rings. The summed E-state index contributed by atoms with van der Waals surface area (Å²) < 4.78 is 12.5. The molecule has 0 N–H and O–H groups in total. The summed E-state index contributed by atoms with van der Waals surface area (Å²) in [7, 11) is 0. The molecule has 0 atom stereocenters. The van der Waals surface area contributed by atoms with Crippen molar-refractivity contribution in [3.63, 3.8) is 0 Å². The van der Waals surface area contributed by atoms with Crippen LogP contribution in [0.25, 0.3) is 0 Å². The zero-order valence-electron chi connectivity index (χ0n) is 5.32. The van der Waals surface area contributed by atoms with Gasteiger partial charge < -0.3 is 0 Å². The molecule has 0 heterocycles. The van der Waals surface area contributed by atoms with E-state index >= 15 is 0 Å². The van der Waals surface area contributed by atoms with E-state index in [9.17, 15) is 4.39 Å². The standard InChI is InChI=1S/C8H8F/c1-6-3-4-8(9)7(2)5-6/h3-5H,1H2,2H3. The van der Waals surface area contributed by atoms with Crippen molar-refractivity contribution in [1.29, 1.82) is 0 Å². The van der Waals surface area contributed by atoms with Crippen LogP contribution in [0.1, 0.15) is 11.1 Å². The van der Waals surface area contributed by atoms with Crippen molar-refractivity contribution in [3.8, 4) is 0 Å². The Balaban J connectivity index is 3.17. The Labute approximate surface area is 54.3 Å². The molecule has 0 aliphatic heterocycles. The van der Waals surface area contributed by atoms with Crippen LogP contribution in [0.15, 0.2) is 18.2 Å². The van der Waals surface area contributed by atoms with Gasteiger partial charge in [0.2, 0.25) is 0 Å². The predicted octanol–water partition coefficient (Wildman–Crippen LogP) is 2.32. The van der Waals surface area contributed by atoms with Gasteiger partial charge in [-0.25, -0.2) is 4.39 Å². The zero-order valence-corrected chi connectivity index (χ0v) is 5.32. The Kier molecular flexibility index (Phi) is 1.52. The second-order valence-corrected chi connectivity index (χ2v) is 2.08. The number of aryl methyl sites for hydroxylation is 1. The van der Waals surface area contributed by atoms with Gasteiger partial charge in [0.15, 0.2) is 0 Å². The second-order valence-electron chi connectivity index (χ2n) is 2.08. The Morgan fingerprint density at radius 2 is 2.11 bits per heavy atom. The lowest BCUT2D eigenvalue weighted by molar-refractivity contribution is 0.618. The summed E-state index contributed by atoms with van der Waals surface area (Å²) in [6.07, 6.45) is 0. The van der Waals surface area contributed by atoms with E-state index in [0.717, 1.165) is 5.56 Å². The highest BCUT2D eigenvalue weighted by Crippen LogP contribution is 2.06. The molecule has 0 unspecified atom stereocenters. The van der Waals surface area contributed by atoms with Crippen LogP contribution in [0, 0.1) is 19.7 Å². The van der Waals surface area contributed by atoms with Crippen molar-refractivity contribution in [2.45, 2.75) is 6.92 Å². The molecule has 0 bridgehead atoms. The zero-order chi connectivity index (χ0) is 6.85. The van der Waals surface area contributed by atoms with E-state index in [2.05, 4.69) is 6.92 Å². The van der Waals surface area contributed by atoms with Gasteiger partial charge in [0.1, 0.15) is 5.82 Å². The fourth-order valence-electron chi connectivity index (χ4n) is 0.707. The molecule has 0 nitrogen and oxygen atoms in total. The van der Waals surface area contributed by atoms with Crippen molar-refractivity contribution < 1.29 is 4.39 Å². The quantitative estimate of drug-likeness (QED) is 0.496. The molecule has 1 radical (unpaired) electrons. The molecule has 0 saturated heterocycles. The van der Waals surface area contributed by atoms with Crippen LogP contribution in [-0.4, -0.2) is 0 Å². The third-order valence-electron chi connectivity index (χ3n) is 1.22. The molecule has 9 heavy (non-hydrogen) atoms. The van der Waals surface area contributed by atoms with Gasteiger partial charge in [-0.05, 0) is 31.0 Å². The topological polar surface area (TPSA) is 0 Å². The first-order valence-corrected chi connectivity index (χ1v) is 2.78. The number of hydrogen-bond donors (Lipinski definition) is 0. The Hall–Kier alpha value is -0.850. The van der Waals surface area contributed by atoms with E-state index < -0.39 is 0 Å². The molecule has 0 aliphatic rings. The summed E-state index contributed by atoms with van der Waals surface area (Å²) in [5.41, 5.74) is 1.51. The van der Waals surface area contributed by atoms with Gasteiger partial charge in [-0.15, -0.1) is 0 Å². The minimum atomic E-state index is -0.164. The van der Waals surface area contributed by atoms with Crippen LogP contribution in [0.2, 0.25) is 0 Å². The maximum atomic E-state index is 12.5. The summed E-state index contributed by atoms with van der Waals surface area (Å²) in [5, 5.41) is 0. The largest absolute Gasteiger partial charge is 0.207 e. The van der Waals surface area contributed by atoms with Crippen LogP contribution in [-0.2, 0) is 0 Å². The first kappa shape index (κ1) is 6.27. The molecular formula is C8H8F. The smallest absolute Gasteiger partial charge is 0.126 e. The maximum absolute atomic E-state index is 12.5. The number of benzene rings is 1. The van der Waals surface area contributed by atoms with E-state index in [-0.39, 0.29) is 5.82 Å². The molecule has 0 aliphatic carbocycles. The molecule has 0 fully saturated rings. The summed E-state index contributed by atoms with van der Waals surface area (Å²) in [4.78, 5) is 0. The van der Waals surface area contributed by atoms with Crippen LogP contribution in [0.5, 0.6) is 0 Å². The third kappa shape index (κ3) is 1.28. The van der Waals surface area contributed by atoms with Crippen molar-refractivity contribution in [3.05, 3.63) is 42.1 Å². The third-order valence-corrected chi connectivity index (χ3v) is 1.22. The van der Waals surface area contributed by atoms with E-state index in [1.165, 1.54) is 6.07 Å². The summed E-state index contributed by atoms with van der Waals surface area (Å²) in [6.45, 7) is 5.38. The van der Waals surface area contributed by atoms with Gasteiger partial charge in [0.05, 0.1) is 0 Å². The van der Waals surface area contributed by atoms with Crippen LogP contribution < -0.4 is 0 Å². The molecule has 0 spiro atoms. The van der Waals surface area contributed by atoms with Gasteiger partial charge in [-0.1, -0.05) is 12.1 Å². The SMILES string of the molecule is [CH2]c1ccc(F)c(C)c1. The first-order chi connectivity index (χ1) is 4.20. The van der Waals surface area contributed by atoms with E-state index in [0.29, 0.717) is 5.56 Å². The summed E-state index contributed by atoms with van der Waals surface area (Å²) in [6, 6.07) is 4.80. The van der Waals surface area contributed by atoms with Gasteiger partial charge in [0.25, 0.3) is 0 Å². The summed E-state index contributed by atoms with van der Waals surface area (Å²) in [5.74, 6) is -0.164. The lowest BCUT2D eigenvalue weighted by Crippen LogP contribution is -1.81. The number of rotatable bonds is 0. The van der Waals surface area contributed by atoms with E-state index in [4.69, 9.17) is 0 Å². The molecule has 0 saturated carbocycles. The highest BCUT2D eigenvalue weighted by atomic mass is 19.1. The fourth-order valence-corrected chi connectivity index (χ4v) is 0.707. The van der Waals surface area contributed by atoms with Gasteiger partial charge >= 0.3 is 0 Å². The monoisotopic (exact) mass is 123 g/mol. The van der Waals surface area contributed by atoms with Gasteiger partial charge in [-0.2, -0.15) is 0 Å². The van der Waals surface area contributed by atoms with E-state index in [1.807, 2.05) is 0 Å². The molecule has 1 aromatic carbocycles. The molecule has 47 valence electrons. The highest BCUT2D eigenvalue weighted by Gasteiger charge is 1.93. The average Bonchev–Trinajstić information content (AvgIpc) is 1.80. The second kappa shape index (κ2) is 2.18. The van der Waals surface area contributed by atoms with Crippen LogP contribution in [0.3, 0.4) is 0 Å². The van der Waals surface area contributed by atoms with Crippen molar-refractivity contribution in [2.24, 2.45) is 0 Å². The van der Waals surface area contributed by atoms with E-state index in [1.54, 1.807) is 19.1 Å². The minimum Gasteiger partial charge on any atom is -0.207 e. The fraction of sp³-hybridized carbons (Fsp3) is 0.125. The average molecular weight is 123 g/mol. The van der Waals surface area contributed by atoms with Gasteiger partial charge in [-0.3, -0.25) is 0 Å².